The lowest BCUT2D eigenvalue weighted by Crippen LogP contribution is -2.16. The van der Waals surface area contributed by atoms with Crippen LogP contribution in [0.2, 0.25) is 0 Å². The topological polar surface area (TPSA) is 20.2 Å². The number of aliphatic hydroxyl groups is 1. The molecular formula is C13H22O. The van der Waals surface area contributed by atoms with Crippen LogP contribution in [0.4, 0.5) is 0 Å². The summed E-state index contributed by atoms with van der Waals surface area (Å²) >= 11 is 0. The lowest BCUT2D eigenvalue weighted by Gasteiger charge is -2.20. The minimum atomic E-state index is -0.724. The van der Waals surface area contributed by atoms with E-state index in [0.29, 0.717) is 0 Å². The van der Waals surface area contributed by atoms with Crippen LogP contribution >= 0.6 is 0 Å². The standard InChI is InChI=1S/C11H16O.C2H6/c1-8-5-6-10(9(2)7-8)11(3,4)12;1-2/h5-7,12H,1-4H3;1-2H3. The quantitative estimate of drug-likeness (QED) is 0.724. The first-order valence-corrected chi connectivity index (χ1v) is 5.21. The SMILES string of the molecule is CC.Cc1ccc(C(C)(C)O)c(C)c1. The molecule has 0 bridgehead atoms. The van der Waals surface area contributed by atoms with Crippen LogP contribution in [0.5, 0.6) is 0 Å². The van der Waals surface area contributed by atoms with Crippen LogP contribution in [0, 0.1) is 13.8 Å². The zero-order valence-electron chi connectivity index (χ0n) is 10.2. The molecule has 0 amide bonds. The van der Waals surface area contributed by atoms with Crippen molar-refractivity contribution in [2.45, 2.75) is 47.1 Å². The molecule has 0 unspecified atom stereocenters. The molecule has 0 saturated carbocycles. The second-order valence-corrected chi connectivity index (χ2v) is 3.88. The highest BCUT2D eigenvalue weighted by Gasteiger charge is 2.17. The van der Waals surface area contributed by atoms with Crippen molar-refractivity contribution < 1.29 is 5.11 Å². The monoisotopic (exact) mass is 194 g/mol. The molecule has 0 spiro atoms. The molecule has 0 aromatic heterocycles. The zero-order valence-corrected chi connectivity index (χ0v) is 10.2. The predicted molar refractivity (Wildman–Crippen MR) is 62.5 cm³/mol. The Morgan fingerprint density at radius 2 is 1.57 bits per heavy atom. The van der Waals surface area contributed by atoms with Gasteiger partial charge in [-0.05, 0) is 38.8 Å². The van der Waals surface area contributed by atoms with Crippen molar-refractivity contribution >= 4 is 0 Å². The number of benzene rings is 1. The van der Waals surface area contributed by atoms with Gasteiger partial charge in [0.2, 0.25) is 0 Å². The van der Waals surface area contributed by atoms with Crippen molar-refractivity contribution in [1.82, 2.24) is 0 Å². The summed E-state index contributed by atoms with van der Waals surface area (Å²) in [6.45, 7) is 11.7. The minimum Gasteiger partial charge on any atom is -0.386 e. The highest BCUT2D eigenvalue weighted by Crippen LogP contribution is 2.23. The molecule has 1 rings (SSSR count). The van der Waals surface area contributed by atoms with Gasteiger partial charge in [0.25, 0.3) is 0 Å². The van der Waals surface area contributed by atoms with Gasteiger partial charge >= 0.3 is 0 Å². The van der Waals surface area contributed by atoms with Gasteiger partial charge in [0.1, 0.15) is 0 Å². The van der Waals surface area contributed by atoms with E-state index in [1.165, 1.54) is 5.56 Å². The Morgan fingerprint density at radius 3 is 1.93 bits per heavy atom. The summed E-state index contributed by atoms with van der Waals surface area (Å²) in [6, 6.07) is 6.11. The number of hydrogen-bond acceptors (Lipinski definition) is 1. The maximum Gasteiger partial charge on any atom is 0.0843 e. The molecule has 80 valence electrons. The Labute approximate surface area is 87.8 Å². The average molecular weight is 194 g/mol. The molecule has 0 fully saturated rings. The minimum absolute atomic E-state index is 0.724. The van der Waals surface area contributed by atoms with Crippen LogP contribution < -0.4 is 0 Å². The van der Waals surface area contributed by atoms with Crippen molar-refractivity contribution in [1.29, 1.82) is 0 Å². The van der Waals surface area contributed by atoms with Gasteiger partial charge in [0.15, 0.2) is 0 Å². The van der Waals surface area contributed by atoms with Gasteiger partial charge in [0, 0.05) is 0 Å². The highest BCUT2D eigenvalue weighted by molar-refractivity contribution is 5.33. The van der Waals surface area contributed by atoms with E-state index in [1.807, 2.05) is 46.8 Å². The molecule has 0 aliphatic rings. The van der Waals surface area contributed by atoms with Gasteiger partial charge in [-0.2, -0.15) is 0 Å². The van der Waals surface area contributed by atoms with E-state index in [9.17, 15) is 5.11 Å². The fourth-order valence-electron chi connectivity index (χ4n) is 1.50. The fraction of sp³-hybridized carbons (Fsp3) is 0.538. The number of rotatable bonds is 1. The second kappa shape index (κ2) is 5.16. The van der Waals surface area contributed by atoms with E-state index in [-0.39, 0.29) is 0 Å². The molecule has 1 heteroatoms. The van der Waals surface area contributed by atoms with Crippen LogP contribution in [0.3, 0.4) is 0 Å². The van der Waals surface area contributed by atoms with Crippen LogP contribution in [0.25, 0.3) is 0 Å². The third-order valence-corrected chi connectivity index (χ3v) is 2.04. The summed E-state index contributed by atoms with van der Waals surface area (Å²) < 4.78 is 0. The van der Waals surface area contributed by atoms with Gasteiger partial charge in [-0.3, -0.25) is 0 Å². The van der Waals surface area contributed by atoms with Crippen LogP contribution in [0.1, 0.15) is 44.4 Å². The molecular weight excluding hydrogens is 172 g/mol. The highest BCUT2D eigenvalue weighted by atomic mass is 16.3. The first-order chi connectivity index (χ1) is 6.41. The summed E-state index contributed by atoms with van der Waals surface area (Å²) in [7, 11) is 0. The molecule has 0 saturated heterocycles. The number of hydrogen-bond donors (Lipinski definition) is 1. The fourth-order valence-corrected chi connectivity index (χ4v) is 1.50. The lowest BCUT2D eigenvalue weighted by molar-refractivity contribution is 0.0779. The van der Waals surface area contributed by atoms with Crippen LogP contribution in [-0.2, 0) is 5.60 Å². The molecule has 1 N–H and O–H groups in total. The van der Waals surface area contributed by atoms with Crippen LogP contribution in [-0.4, -0.2) is 5.11 Å². The lowest BCUT2D eigenvalue weighted by atomic mass is 9.93. The summed E-state index contributed by atoms with van der Waals surface area (Å²) in [4.78, 5) is 0. The third-order valence-electron chi connectivity index (χ3n) is 2.04. The largest absolute Gasteiger partial charge is 0.386 e. The maximum atomic E-state index is 9.76. The molecule has 0 atom stereocenters. The van der Waals surface area contributed by atoms with Crippen molar-refractivity contribution in [2.75, 3.05) is 0 Å². The molecule has 14 heavy (non-hydrogen) atoms. The Bertz CT molecular complexity index is 282. The predicted octanol–water partition coefficient (Wildman–Crippen LogP) is 3.56. The molecule has 1 aromatic rings. The number of aryl methyl sites for hydroxylation is 2. The third kappa shape index (κ3) is 3.51. The van der Waals surface area contributed by atoms with Gasteiger partial charge in [-0.25, -0.2) is 0 Å². The van der Waals surface area contributed by atoms with Gasteiger partial charge < -0.3 is 5.11 Å². The summed E-state index contributed by atoms with van der Waals surface area (Å²) in [6.07, 6.45) is 0. The van der Waals surface area contributed by atoms with E-state index in [1.54, 1.807) is 0 Å². The van der Waals surface area contributed by atoms with E-state index < -0.39 is 5.60 Å². The molecule has 0 radical (unpaired) electrons. The van der Waals surface area contributed by atoms with Gasteiger partial charge in [0.05, 0.1) is 5.60 Å². The zero-order chi connectivity index (χ0) is 11.4. The smallest absolute Gasteiger partial charge is 0.0843 e. The molecule has 0 aliphatic heterocycles. The molecule has 1 aromatic carbocycles. The van der Waals surface area contributed by atoms with Crippen LogP contribution in [0.15, 0.2) is 18.2 Å². The Kier molecular flexibility index (Phi) is 4.86. The average Bonchev–Trinajstić information content (AvgIpc) is 2.05. The first-order valence-electron chi connectivity index (χ1n) is 5.21. The van der Waals surface area contributed by atoms with Crippen molar-refractivity contribution in [3.05, 3.63) is 34.9 Å². The normalized spacial score (nSPS) is 10.5. The van der Waals surface area contributed by atoms with E-state index >= 15 is 0 Å². The molecule has 0 aliphatic carbocycles. The Hall–Kier alpha value is -0.820. The maximum absolute atomic E-state index is 9.76. The first kappa shape index (κ1) is 13.2. The van der Waals surface area contributed by atoms with Gasteiger partial charge in [-0.15, -0.1) is 0 Å². The van der Waals surface area contributed by atoms with Crippen molar-refractivity contribution in [3.63, 3.8) is 0 Å². The molecule has 0 heterocycles. The Balaban J connectivity index is 0.000000791. The van der Waals surface area contributed by atoms with Crippen molar-refractivity contribution in [2.24, 2.45) is 0 Å². The summed E-state index contributed by atoms with van der Waals surface area (Å²) in [5, 5.41) is 9.76. The van der Waals surface area contributed by atoms with Gasteiger partial charge in [-0.1, -0.05) is 37.6 Å². The Morgan fingerprint density at radius 1 is 1.07 bits per heavy atom. The summed E-state index contributed by atoms with van der Waals surface area (Å²) in [5.41, 5.74) is 2.67. The summed E-state index contributed by atoms with van der Waals surface area (Å²) in [5.74, 6) is 0. The van der Waals surface area contributed by atoms with E-state index in [0.717, 1.165) is 11.1 Å². The van der Waals surface area contributed by atoms with Crippen molar-refractivity contribution in [3.8, 4) is 0 Å². The van der Waals surface area contributed by atoms with E-state index in [2.05, 4.69) is 13.0 Å². The molecule has 1 nitrogen and oxygen atoms in total. The van der Waals surface area contributed by atoms with E-state index in [4.69, 9.17) is 0 Å². The second-order valence-electron chi connectivity index (χ2n) is 3.88.